The number of benzene rings is 1. The van der Waals surface area contributed by atoms with Gasteiger partial charge in [-0.1, -0.05) is 27.5 Å². The van der Waals surface area contributed by atoms with Crippen LogP contribution in [0.15, 0.2) is 18.2 Å². The van der Waals surface area contributed by atoms with Crippen LogP contribution in [0.3, 0.4) is 0 Å². The first-order valence-corrected chi connectivity index (χ1v) is 6.93. The molecule has 7 heteroatoms. The van der Waals surface area contributed by atoms with Crippen molar-refractivity contribution < 1.29 is 9.53 Å². The topological polar surface area (TPSA) is 57.0 Å². The first kappa shape index (κ1) is 14.0. The van der Waals surface area contributed by atoms with Gasteiger partial charge in [-0.2, -0.15) is 0 Å². The molecule has 0 bridgehead atoms. The fourth-order valence-electron chi connectivity index (χ4n) is 1.78. The van der Waals surface area contributed by atoms with Crippen molar-refractivity contribution >= 4 is 33.5 Å². The third-order valence-corrected chi connectivity index (χ3v) is 3.35. The van der Waals surface area contributed by atoms with E-state index in [0.717, 1.165) is 0 Å². The number of rotatable bonds is 3. The fraction of sp³-hybridized carbons (Fsp3) is 0.250. The molecule has 1 aromatic carbocycles. The highest BCUT2D eigenvalue weighted by atomic mass is 79.9. The number of alkyl halides is 1. The van der Waals surface area contributed by atoms with Gasteiger partial charge >= 0.3 is 5.97 Å². The molecule has 0 saturated heterocycles. The lowest BCUT2D eigenvalue weighted by atomic mass is 10.1. The minimum atomic E-state index is -0.453. The van der Waals surface area contributed by atoms with Crippen molar-refractivity contribution in [2.24, 2.45) is 0 Å². The number of carbonyl (C=O) groups is 1. The number of carbonyl (C=O) groups excluding carboxylic acids is 1. The van der Waals surface area contributed by atoms with Crippen LogP contribution < -0.4 is 0 Å². The molecule has 0 amide bonds. The second-order valence-electron chi connectivity index (χ2n) is 3.79. The molecule has 0 aliphatic rings. The molecule has 0 N–H and O–H groups in total. The van der Waals surface area contributed by atoms with E-state index in [0.29, 0.717) is 33.3 Å². The van der Waals surface area contributed by atoms with Gasteiger partial charge in [-0.3, -0.25) is 4.57 Å². The molecule has 0 aliphatic heterocycles. The Labute approximate surface area is 123 Å². The normalized spacial score (nSPS) is 10.5. The van der Waals surface area contributed by atoms with Gasteiger partial charge < -0.3 is 4.74 Å². The molecule has 0 atom stereocenters. The van der Waals surface area contributed by atoms with Crippen LogP contribution >= 0.6 is 27.5 Å². The average molecular weight is 345 g/mol. The van der Waals surface area contributed by atoms with Crippen molar-refractivity contribution in [3.63, 3.8) is 0 Å². The number of hydrogen-bond acceptors (Lipinski definition) is 4. The zero-order valence-electron chi connectivity index (χ0n) is 10.4. The van der Waals surface area contributed by atoms with Gasteiger partial charge in [0.05, 0.1) is 23.7 Å². The molecule has 19 heavy (non-hydrogen) atoms. The Bertz CT molecular complexity index is 627. The summed E-state index contributed by atoms with van der Waals surface area (Å²) in [6.07, 6.45) is 0. The molecule has 1 heterocycles. The molecule has 0 radical (unpaired) electrons. The molecule has 0 unspecified atom stereocenters. The van der Waals surface area contributed by atoms with Crippen molar-refractivity contribution in [2.45, 2.75) is 12.3 Å². The van der Waals surface area contributed by atoms with Crippen molar-refractivity contribution in [3.05, 3.63) is 40.4 Å². The van der Waals surface area contributed by atoms with Crippen LogP contribution in [0.5, 0.6) is 0 Å². The van der Waals surface area contributed by atoms with Crippen LogP contribution in [0.2, 0.25) is 5.02 Å². The minimum Gasteiger partial charge on any atom is -0.465 e. The summed E-state index contributed by atoms with van der Waals surface area (Å²) in [6.45, 7) is 1.81. The molecule has 100 valence electrons. The van der Waals surface area contributed by atoms with Gasteiger partial charge in [0.1, 0.15) is 11.6 Å². The lowest BCUT2D eigenvalue weighted by molar-refractivity contribution is 0.0601. The molecule has 0 spiro atoms. The quantitative estimate of drug-likeness (QED) is 0.634. The lowest BCUT2D eigenvalue weighted by Crippen LogP contribution is -2.10. The van der Waals surface area contributed by atoms with Crippen molar-refractivity contribution in [3.8, 4) is 5.69 Å². The smallest absolute Gasteiger partial charge is 0.340 e. The predicted molar refractivity (Wildman–Crippen MR) is 75.1 cm³/mol. The Balaban J connectivity index is 2.68. The van der Waals surface area contributed by atoms with Gasteiger partial charge in [0.15, 0.2) is 0 Å². The Hall–Kier alpha value is -1.40. The largest absolute Gasteiger partial charge is 0.465 e. The van der Waals surface area contributed by atoms with Gasteiger partial charge in [0.2, 0.25) is 0 Å². The van der Waals surface area contributed by atoms with E-state index in [-0.39, 0.29) is 0 Å². The van der Waals surface area contributed by atoms with E-state index in [2.05, 4.69) is 26.1 Å². The summed E-state index contributed by atoms with van der Waals surface area (Å²) in [6, 6.07) is 5.03. The highest BCUT2D eigenvalue weighted by Gasteiger charge is 2.18. The molecule has 2 rings (SSSR count). The van der Waals surface area contributed by atoms with E-state index in [1.165, 1.54) is 7.11 Å². The van der Waals surface area contributed by atoms with Crippen molar-refractivity contribution in [2.75, 3.05) is 7.11 Å². The summed E-state index contributed by atoms with van der Waals surface area (Å²) in [4.78, 5) is 11.8. The third kappa shape index (κ3) is 2.64. The summed E-state index contributed by atoms with van der Waals surface area (Å²) in [5, 5.41) is 9.04. The van der Waals surface area contributed by atoms with E-state index in [4.69, 9.17) is 16.3 Å². The molecule has 2 aromatic rings. The molecule has 1 aromatic heterocycles. The molecule has 0 saturated carbocycles. The summed E-state index contributed by atoms with van der Waals surface area (Å²) in [7, 11) is 1.33. The Morgan fingerprint density at radius 3 is 2.84 bits per heavy atom. The van der Waals surface area contributed by atoms with Crippen molar-refractivity contribution in [1.29, 1.82) is 0 Å². The number of aromatic nitrogens is 3. The van der Waals surface area contributed by atoms with Gasteiger partial charge in [-0.25, -0.2) is 4.79 Å². The maximum Gasteiger partial charge on any atom is 0.340 e. The Morgan fingerprint density at radius 2 is 2.21 bits per heavy atom. The van der Waals surface area contributed by atoms with E-state index in [1.54, 1.807) is 22.8 Å². The van der Waals surface area contributed by atoms with Crippen LogP contribution in [0.4, 0.5) is 0 Å². The van der Waals surface area contributed by atoms with Crippen LogP contribution in [-0.2, 0) is 10.1 Å². The monoisotopic (exact) mass is 343 g/mol. The number of hydrogen-bond donors (Lipinski definition) is 0. The second kappa shape index (κ2) is 5.71. The standard InChI is InChI=1S/C12H11BrClN3O2/c1-7-15-16-11(6-13)17(7)10-4-3-8(14)5-9(10)12(18)19-2/h3-5H,6H2,1-2H3. The van der Waals surface area contributed by atoms with E-state index in [9.17, 15) is 4.79 Å². The highest BCUT2D eigenvalue weighted by molar-refractivity contribution is 9.08. The van der Waals surface area contributed by atoms with Crippen LogP contribution in [-0.4, -0.2) is 27.8 Å². The third-order valence-electron chi connectivity index (χ3n) is 2.62. The fourth-order valence-corrected chi connectivity index (χ4v) is 2.32. The number of methoxy groups -OCH3 is 1. The summed E-state index contributed by atoms with van der Waals surface area (Å²) >= 11 is 9.28. The lowest BCUT2D eigenvalue weighted by Gasteiger charge is -2.12. The number of esters is 1. The van der Waals surface area contributed by atoms with Crippen LogP contribution in [0.1, 0.15) is 22.0 Å². The highest BCUT2D eigenvalue weighted by Crippen LogP contribution is 2.23. The molecular weight excluding hydrogens is 334 g/mol. The number of halogens is 2. The van der Waals surface area contributed by atoms with Gasteiger partial charge in [0, 0.05) is 5.02 Å². The maximum atomic E-state index is 11.8. The van der Waals surface area contributed by atoms with E-state index in [1.807, 2.05) is 6.92 Å². The first-order valence-electron chi connectivity index (χ1n) is 5.43. The minimum absolute atomic E-state index is 0.375. The predicted octanol–water partition coefficient (Wildman–Crippen LogP) is 2.91. The number of nitrogens with zero attached hydrogens (tertiary/aromatic N) is 3. The summed E-state index contributed by atoms with van der Waals surface area (Å²) < 4.78 is 6.57. The van der Waals surface area contributed by atoms with Crippen LogP contribution in [0.25, 0.3) is 5.69 Å². The number of ether oxygens (including phenoxy) is 1. The summed E-state index contributed by atoms with van der Waals surface area (Å²) in [5.74, 6) is 0.929. The van der Waals surface area contributed by atoms with Gasteiger partial charge in [-0.05, 0) is 25.1 Å². The SMILES string of the molecule is COC(=O)c1cc(Cl)ccc1-n1c(C)nnc1CBr. The van der Waals surface area contributed by atoms with Crippen molar-refractivity contribution in [1.82, 2.24) is 14.8 Å². The van der Waals surface area contributed by atoms with Crippen LogP contribution in [0, 0.1) is 6.92 Å². The Morgan fingerprint density at radius 1 is 1.47 bits per heavy atom. The molecular formula is C12H11BrClN3O2. The average Bonchev–Trinajstić information content (AvgIpc) is 2.79. The number of aryl methyl sites for hydroxylation is 1. The van der Waals surface area contributed by atoms with Gasteiger partial charge in [0.25, 0.3) is 0 Å². The zero-order valence-corrected chi connectivity index (χ0v) is 12.7. The second-order valence-corrected chi connectivity index (χ2v) is 4.78. The zero-order chi connectivity index (χ0) is 14.0. The Kier molecular flexibility index (Phi) is 4.21. The van der Waals surface area contributed by atoms with Gasteiger partial charge in [-0.15, -0.1) is 10.2 Å². The van der Waals surface area contributed by atoms with E-state index < -0.39 is 5.97 Å². The first-order chi connectivity index (χ1) is 9.08. The molecule has 5 nitrogen and oxygen atoms in total. The summed E-state index contributed by atoms with van der Waals surface area (Å²) in [5.41, 5.74) is 1.02. The molecule has 0 aliphatic carbocycles. The molecule has 0 fully saturated rings. The maximum absolute atomic E-state index is 11.8. The van der Waals surface area contributed by atoms with E-state index >= 15 is 0 Å².